The molecular formula is C14H14N4O4. The summed E-state index contributed by atoms with van der Waals surface area (Å²) < 4.78 is 5.07. The number of methoxy groups -OCH3 is 1. The third-order valence-electron chi connectivity index (χ3n) is 2.80. The fourth-order valence-corrected chi connectivity index (χ4v) is 1.75. The molecule has 0 aliphatic carbocycles. The third-order valence-corrected chi connectivity index (χ3v) is 2.80. The predicted molar refractivity (Wildman–Crippen MR) is 79.7 cm³/mol. The Balaban J connectivity index is 2.04. The van der Waals surface area contributed by atoms with E-state index in [1.807, 2.05) is 6.07 Å². The number of amides is 2. The van der Waals surface area contributed by atoms with Crippen molar-refractivity contribution in [2.45, 2.75) is 6.54 Å². The van der Waals surface area contributed by atoms with Gasteiger partial charge in [0.15, 0.2) is 0 Å². The van der Waals surface area contributed by atoms with Crippen LogP contribution < -0.4 is 15.4 Å². The molecule has 0 radical (unpaired) electrons. The molecule has 0 spiro atoms. The fourth-order valence-electron chi connectivity index (χ4n) is 1.75. The van der Waals surface area contributed by atoms with Crippen LogP contribution in [-0.2, 0) is 6.54 Å². The summed E-state index contributed by atoms with van der Waals surface area (Å²) in [7, 11) is 1.41. The van der Waals surface area contributed by atoms with Crippen molar-refractivity contribution in [1.29, 1.82) is 0 Å². The van der Waals surface area contributed by atoms with E-state index in [2.05, 4.69) is 15.6 Å². The molecule has 2 amide bonds. The predicted octanol–water partition coefficient (Wildman–Crippen LogP) is 2.32. The largest absolute Gasteiger partial charge is 0.495 e. The lowest BCUT2D eigenvalue weighted by Crippen LogP contribution is -2.28. The van der Waals surface area contributed by atoms with Gasteiger partial charge in [-0.15, -0.1) is 0 Å². The molecule has 1 heterocycles. The smallest absolute Gasteiger partial charge is 0.319 e. The van der Waals surface area contributed by atoms with Gasteiger partial charge in [-0.3, -0.25) is 15.1 Å². The van der Waals surface area contributed by atoms with Crippen molar-refractivity contribution in [3.63, 3.8) is 0 Å². The number of nitro benzene ring substituents is 1. The molecule has 0 saturated heterocycles. The molecule has 2 aromatic rings. The highest BCUT2D eigenvalue weighted by Crippen LogP contribution is 2.28. The molecule has 22 heavy (non-hydrogen) atoms. The Labute approximate surface area is 126 Å². The number of anilines is 1. The zero-order chi connectivity index (χ0) is 15.9. The van der Waals surface area contributed by atoms with Crippen LogP contribution in [0.15, 0.2) is 42.6 Å². The minimum Gasteiger partial charge on any atom is -0.495 e. The van der Waals surface area contributed by atoms with Gasteiger partial charge in [-0.25, -0.2) is 4.79 Å². The van der Waals surface area contributed by atoms with E-state index < -0.39 is 11.0 Å². The zero-order valence-corrected chi connectivity index (χ0v) is 11.8. The Morgan fingerprint density at radius 1 is 1.36 bits per heavy atom. The van der Waals surface area contributed by atoms with E-state index in [1.54, 1.807) is 18.3 Å². The number of benzene rings is 1. The van der Waals surface area contributed by atoms with E-state index in [0.29, 0.717) is 11.4 Å². The molecule has 0 aliphatic rings. The van der Waals surface area contributed by atoms with Gasteiger partial charge in [0.2, 0.25) is 0 Å². The Hall–Kier alpha value is -3.16. The van der Waals surface area contributed by atoms with E-state index in [4.69, 9.17) is 4.74 Å². The quantitative estimate of drug-likeness (QED) is 0.651. The van der Waals surface area contributed by atoms with Crippen molar-refractivity contribution in [2.24, 2.45) is 0 Å². The topological polar surface area (TPSA) is 106 Å². The first kappa shape index (κ1) is 15.2. The van der Waals surface area contributed by atoms with Gasteiger partial charge in [0.25, 0.3) is 5.69 Å². The Bertz CT molecular complexity index is 676. The van der Waals surface area contributed by atoms with Gasteiger partial charge in [0, 0.05) is 18.3 Å². The van der Waals surface area contributed by atoms with Gasteiger partial charge in [-0.2, -0.15) is 0 Å². The number of hydrogen-bond donors (Lipinski definition) is 2. The molecule has 1 aromatic carbocycles. The van der Waals surface area contributed by atoms with Gasteiger partial charge < -0.3 is 15.4 Å². The lowest BCUT2D eigenvalue weighted by atomic mass is 10.2. The molecular weight excluding hydrogens is 288 g/mol. The molecule has 2 N–H and O–H groups in total. The maximum atomic E-state index is 11.9. The number of rotatable bonds is 5. The van der Waals surface area contributed by atoms with Crippen molar-refractivity contribution in [1.82, 2.24) is 10.3 Å². The van der Waals surface area contributed by atoms with E-state index in [0.717, 1.165) is 0 Å². The van der Waals surface area contributed by atoms with Crippen LogP contribution in [0.5, 0.6) is 5.75 Å². The van der Waals surface area contributed by atoms with Crippen LogP contribution in [0.2, 0.25) is 0 Å². The van der Waals surface area contributed by atoms with Crippen LogP contribution in [0.25, 0.3) is 0 Å². The fraction of sp³-hybridized carbons (Fsp3) is 0.143. The molecule has 0 unspecified atom stereocenters. The lowest BCUT2D eigenvalue weighted by molar-refractivity contribution is -0.384. The van der Waals surface area contributed by atoms with Gasteiger partial charge in [-0.1, -0.05) is 6.07 Å². The number of nitrogens with one attached hydrogen (secondary N) is 2. The SMILES string of the molecule is COc1ccc([N+](=O)[O-])cc1NC(=O)NCc1ccccn1. The summed E-state index contributed by atoms with van der Waals surface area (Å²) in [5.41, 5.74) is 0.778. The molecule has 114 valence electrons. The number of hydrogen-bond acceptors (Lipinski definition) is 5. The first-order chi connectivity index (χ1) is 10.6. The van der Waals surface area contributed by atoms with E-state index >= 15 is 0 Å². The summed E-state index contributed by atoms with van der Waals surface area (Å²) in [5, 5.41) is 15.9. The zero-order valence-electron chi connectivity index (χ0n) is 11.8. The van der Waals surface area contributed by atoms with Gasteiger partial charge in [0.05, 0.1) is 30.0 Å². The number of carbonyl (C=O) groups is 1. The molecule has 0 saturated carbocycles. The first-order valence-electron chi connectivity index (χ1n) is 6.37. The second-order valence-electron chi connectivity index (χ2n) is 4.27. The van der Waals surface area contributed by atoms with E-state index in [-0.39, 0.29) is 17.9 Å². The van der Waals surface area contributed by atoms with Gasteiger partial charge in [-0.05, 0) is 18.2 Å². The normalized spacial score (nSPS) is 9.86. The van der Waals surface area contributed by atoms with E-state index in [1.165, 1.54) is 25.3 Å². The van der Waals surface area contributed by atoms with Crippen LogP contribution >= 0.6 is 0 Å². The standard InChI is InChI=1S/C14H14N4O4/c1-22-13-6-5-11(18(20)21)8-12(13)17-14(19)16-9-10-4-2-3-7-15-10/h2-8H,9H2,1H3,(H2,16,17,19). The highest BCUT2D eigenvalue weighted by Gasteiger charge is 2.13. The number of carbonyl (C=O) groups excluding carboxylic acids is 1. The number of nitrogens with zero attached hydrogens (tertiary/aromatic N) is 2. The lowest BCUT2D eigenvalue weighted by Gasteiger charge is -2.10. The second kappa shape index (κ2) is 7.02. The van der Waals surface area contributed by atoms with Crippen LogP contribution in [0.4, 0.5) is 16.2 Å². The second-order valence-corrected chi connectivity index (χ2v) is 4.27. The van der Waals surface area contributed by atoms with Crippen molar-refractivity contribution in [2.75, 3.05) is 12.4 Å². The Morgan fingerprint density at radius 3 is 2.82 bits per heavy atom. The maximum absolute atomic E-state index is 11.9. The number of nitro groups is 1. The summed E-state index contributed by atoms with van der Waals surface area (Å²) >= 11 is 0. The molecule has 1 aromatic heterocycles. The summed E-state index contributed by atoms with van der Waals surface area (Å²) in [5.74, 6) is 0.332. The minimum atomic E-state index is -0.545. The minimum absolute atomic E-state index is 0.138. The number of pyridine rings is 1. The summed E-state index contributed by atoms with van der Waals surface area (Å²) in [6, 6.07) is 8.81. The molecule has 0 aliphatic heterocycles. The summed E-state index contributed by atoms with van der Waals surface area (Å²) in [4.78, 5) is 26.2. The molecule has 0 atom stereocenters. The number of ether oxygens (including phenoxy) is 1. The summed E-state index contributed by atoms with van der Waals surface area (Å²) in [6.45, 7) is 0.240. The third kappa shape index (κ3) is 3.92. The Morgan fingerprint density at radius 2 is 2.18 bits per heavy atom. The van der Waals surface area contributed by atoms with Crippen molar-refractivity contribution in [3.05, 3.63) is 58.4 Å². The van der Waals surface area contributed by atoms with Crippen molar-refractivity contribution >= 4 is 17.4 Å². The summed E-state index contributed by atoms with van der Waals surface area (Å²) in [6.07, 6.45) is 1.62. The van der Waals surface area contributed by atoms with Gasteiger partial charge in [0.1, 0.15) is 5.75 Å². The van der Waals surface area contributed by atoms with Crippen LogP contribution in [0.3, 0.4) is 0 Å². The molecule has 0 bridgehead atoms. The number of urea groups is 1. The van der Waals surface area contributed by atoms with Gasteiger partial charge >= 0.3 is 6.03 Å². The van der Waals surface area contributed by atoms with Crippen LogP contribution in [0, 0.1) is 10.1 Å². The highest BCUT2D eigenvalue weighted by molar-refractivity contribution is 5.91. The van der Waals surface area contributed by atoms with Crippen LogP contribution in [-0.4, -0.2) is 23.0 Å². The van der Waals surface area contributed by atoms with Crippen LogP contribution in [0.1, 0.15) is 5.69 Å². The monoisotopic (exact) mass is 302 g/mol. The highest BCUT2D eigenvalue weighted by atomic mass is 16.6. The molecule has 2 rings (SSSR count). The Kier molecular flexibility index (Phi) is 4.86. The number of aromatic nitrogens is 1. The molecule has 0 fully saturated rings. The van der Waals surface area contributed by atoms with E-state index in [9.17, 15) is 14.9 Å². The maximum Gasteiger partial charge on any atom is 0.319 e. The molecule has 8 heteroatoms. The average molecular weight is 302 g/mol. The number of non-ortho nitro benzene ring substituents is 1. The molecule has 8 nitrogen and oxygen atoms in total. The van der Waals surface area contributed by atoms with Crippen molar-refractivity contribution < 1.29 is 14.5 Å². The van der Waals surface area contributed by atoms with Crippen molar-refractivity contribution in [3.8, 4) is 5.75 Å². The first-order valence-corrected chi connectivity index (χ1v) is 6.37. The average Bonchev–Trinajstić information content (AvgIpc) is 2.53.